The molecule has 4 heterocycles. The Bertz CT molecular complexity index is 1260. The molecule has 0 radical (unpaired) electrons. The van der Waals surface area contributed by atoms with Crippen molar-refractivity contribution >= 4 is 23.1 Å². The average molecular weight is 511 g/mol. The maximum absolute atomic E-state index is 15.3. The molecule has 2 atom stereocenters. The minimum absolute atomic E-state index is 0.00680. The second kappa shape index (κ2) is 10.1. The molecule has 0 bridgehead atoms. The lowest BCUT2D eigenvalue weighted by atomic mass is 10.00. The van der Waals surface area contributed by atoms with Gasteiger partial charge in [-0.3, -0.25) is 0 Å². The van der Waals surface area contributed by atoms with E-state index in [9.17, 15) is 4.39 Å². The summed E-state index contributed by atoms with van der Waals surface area (Å²) >= 11 is 0. The Morgan fingerprint density at radius 3 is 2.70 bits per heavy atom. The normalized spacial score (nSPS) is 19.2. The SMILES string of the molecule is CCC(C)N1CC(C)(C)Oc2c(F)cc(-c3nc(Nc4ccc(NC5CCOC5)cn4)ncc3F)cc21. The molecule has 10 heteroatoms. The molecule has 2 aliphatic heterocycles. The van der Waals surface area contributed by atoms with Crippen LogP contribution >= 0.6 is 0 Å². The third kappa shape index (κ3) is 5.44. The van der Waals surface area contributed by atoms with Crippen LogP contribution in [0.2, 0.25) is 0 Å². The van der Waals surface area contributed by atoms with Crippen molar-refractivity contribution in [2.45, 2.75) is 58.2 Å². The van der Waals surface area contributed by atoms with Gasteiger partial charge >= 0.3 is 0 Å². The minimum atomic E-state index is -0.650. The van der Waals surface area contributed by atoms with Crippen molar-refractivity contribution in [1.29, 1.82) is 0 Å². The van der Waals surface area contributed by atoms with Crippen LogP contribution in [0.1, 0.15) is 40.5 Å². The number of halogens is 2. The van der Waals surface area contributed by atoms with Crippen LogP contribution in [0.5, 0.6) is 5.75 Å². The number of hydrogen-bond acceptors (Lipinski definition) is 8. The maximum atomic E-state index is 15.3. The van der Waals surface area contributed by atoms with E-state index in [2.05, 4.69) is 44.3 Å². The number of pyridine rings is 1. The quantitative estimate of drug-likeness (QED) is 0.429. The molecule has 8 nitrogen and oxygen atoms in total. The molecule has 3 aromatic rings. The predicted molar refractivity (Wildman–Crippen MR) is 140 cm³/mol. The van der Waals surface area contributed by atoms with Crippen molar-refractivity contribution in [3.05, 3.63) is 48.3 Å². The molecule has 2 aromatic heterocycles. The zero-order valence-electron chi connectivity index (χ0n) is 21.5. The highest BCUT2D eigenvalue weighted by molar-refractivity contribution is 5.73. The van der Waals surface area contributed by atoms with Crippen LogP contribution in [0.3, 0.4) is 0 Å². The van der Waals surface area contributed by atoms with Crippen LogP contribution in [0.4, 0.5) is 31.9 Å². The van der Waals surface area contributed by atoms with Crippen molar-refractivity contribution in [2.75, 3.05) is 35.3 Å². The number of nitrogens with one attached hydrogen (secondary N) is 2. The molecule has 2 N–H and O–H groups in total. The second-order valence-corrected chi connectivity index (χ2v) is 10.2. The Balaban J connectivity index is 1.41. The number of anilines is 4. The Labute approximate surface area is 215 Å². The summed E-state index contributed by atoms with van der Waals surface area (Å²) in [5, 5.41) is 6.38. The summed E-state index contributed by atoms with van der Waals surface area (Å²) in [5.41, 5.74) is 1.21. The Hall–Kier alpha value is -3.53. The molecule has 2 aliphatic rings. The van der Waals surface area contributed by atoms with Gasteiger partial charge in [0.05, 0.1) is 43.0 Å². The van der Waals surface area contributed by atoms with Crippen molar-refractivity contribution in [3.8, 4) is 17.0 Å². The van der Waals surface area contributed by atoms with Gasteiger partial charge in [-0.1, -0.05) is 6.92 Å². The predicted octanol–water partition coefficient (Wildman–Crippen LogP) is 5.54. The molecule has 0 spiro atoms. The van der Waals surface area contributed by atoms with E-state index in [1.807, 2.05) is 19.9 Å². The first-order valence-electron chi connectivity index (χ1n) is 12.6. The summed E-state index contributed by atoms with van der Waals surface area (Å²) in [7, 11) is 0. The molecular weight excluding hydrogens is 478 g/mol. The zero-order chi connectivity index (χ0) is 26.2. The Kier molecular flexibility index (Phi) is 6.85. The minimum Gasteiger partial charge on any atom is -0.481 e. The van der Waals surface area contributed by atoms with E-state index in [0.29, 0.717) is 30.2 Å². The molecule has 37 heavy (non-hydrogen) atoms. The molecule has 2 unspecified atom stereocenters. The summed E-state index contributed by atoms with van der Waals surface area (Å²) in [5.74, 6) is -0.374. The van der Waals surface area contributed by atoms with Gasteiger partial charge in [0.25, 0.3) is 0 Å². The fourth-order valence-electron chi connectivity index (χ4n) is 4.63. The van der Waals surface area contributed by atoms with Gasteiger partial charge < -0.3 is 25.0 Å². The fourth-order valence-corrected chi connectivity index (χ4v) is 4.63. The van der Waals surface area contributed by atoms with Gasteiger partial charge in [0.1, 0.15) is 17.1 Å². The lowest BCUT2D eigenvalue weighted by molar-refractivity contribution is 0.0960. The smallest absolute Gasteiger partial charge is 0.229 e. The van der Waals surface area contributed by atoms with E-state index in [-0.39, 0.29) is 29.5 Å². The first-order chi connectivity index (χ1) is 17.7. The molecular formula is C27H32F2N6O2. The van der Waals surface area contributed by atoms with Crippen LogP contribution in [0.25, 0.3) is 11.3 Å². The van der Waals surface area contributed by atoms with Crippen molar-refractivity contribution < 1.29 is 18.3 Å². The molecule has 196 valence electrons. The summed E-state index contributed by atoms with van der Waals surface area (Å²) < 4.78 is 41.6. The van der Waals surface area contributed by atoms with Crippen LogP contribution in [-0.2, 0) is 4.74 Å². The van der Waals surface area contributed by atoms with Crippen LogP contribution < -0.4 is 20.3 Å². The van der Waals surface area contributed by atoms with Crippen molar-refractivity contribution in [3.63, 3.8) is 0 Å². The number of aromatic nitrogens is 3. The number of benzene rings is 1. The van der Waals surface area contributed by atoms with E-state index in [0.717, 1.165) is 31.3 Å². The van der Waals surface area contributed by atoms with Crippen LogP contribution in [0, 0.1) is 11.6 Å². The van der Waals surface area contributed by atoms with E-state index in [1.165, 1.54) is 6.07 Å². The number of hydrogen-bond donors (Lipinski definition) is 2. The van der Waals surface area contributed by atoms with Gasteiger partial charge in [-0.25, -0.2) is 23.7 Å². The fraction of sp³-hybridized carbons (Fsp3) is 0.444. The van der Waals surface area contributed by atoms with E-state index < -0.39 is 17.2 Å². The highest BCUT2D eigenvalue weighted by Crippen LogP contribution is 2.43. The van der Waals surface area contributed by atoms with Crippen LogP contribution in [0.15, 0.2) is 36.7 Å². The average Bonchev–Trinajstić information content (AvgIpc) is 3.38. The third-order valence-electron chi connectivity index (χ3n) is 6.71. The summed E-state index contributed by atoms with van der Waals surface area (Å²) in [4.78, 5) is 14.9. The molecule has 0 aliphatic carbocycles. The number of nitrogens with zero attached hydrogens (tertiary/aromatic N) is 4. The second-order valence-electron chi connectivity index (χ2n) is 10.2. The molecule has 5 rings (SSSR count). The Morgan fingerprint density at radius 2 is 2.00 bits per heavy atom. The van der Waals surface area contributed by atoms with Crippen LogP contribution in [-0.4, -0.2) is 52.4 Å². The monoisotopic (exact) mass is 510 g/mol. The van der Waals surface area contributed by atoms with Crippen molar-refractivity contribution in [1.82, 2.24) is 15.0 Å². The van der Waals surface area contributed by atoms with E-state index in [4.69, 9.17) is 9.47 Å². The van der Waals surface area contributed by atoms with Gasteiger partial charge in [0.15, 0.2) is 17.4 Å². The van der Waals surface area contributed by atoms with Crippen molar-refractivity contribution in [2.24, 2.45) is 0 Å². The lowest BCUT2D eigenvalue weighted by Gasteiger charge is -2.44. The largest absolute Gasteiger partial charge is 0.481 e. The standard InChI is InChI=1S/C27H32F2N6O2/c1-5-16(2)35-15-27(3,4)37-25-20(28)10-17(11-22(25)35)24-21(29)13-31-26(34-24)33-23-7-6-18(12-30-23)32-19-8-9-36-14-19/h6-7,10-13,16,19,32H,5,8-9,14-15H2,1-4H3,(H,30,31,33,34). The maximum Gasteiger partial charge on any atom is 0.229 e. The van der Waals surface area contributed by atoms with Gasteiger partial charge in [0, 0.05) is 18.2 Å². The van der Waals surface area contributed by atoms with Gasteiger partial charge in [-0.15, -0.1) is 0 Å². The molecule has 1 fully saturated rings. The van der Waals surface area contributed by atoms with E-state index in [1.54, 1.807) is 18.3 Å². The zero-order valence-corrected chi connectivity index (χ0v) is 21.5. The molecule has 1 aromatic carbocycles. The number of rotatable bonds is 7. The number of ether oxygens (including phenoxy) is 2. The Morgan fingerprint density at radius 1 is 1.16 bits per heavy atom. The van der Waals surface area contributed by atoms with Gasteiger partial charge in [0.2, 0.25) is 5.95 Å². The highest BCUT2D eigenvalue weighted by atomic mass is 19.1. The highest BCUT2D eigenvalue weighted by Gasteiger charge is 2.36. The summed E-state index contributed by atoms with van der Waals surface area (Å²) in [6, 6.07) is 7.09. The molecule has 0 saturated carbocycles. The first-order valence-corrected chi connectivity index (χ1v) is 12.6. The van der Waals surface area contributed by atoms with Gasteiger partial charge in [-0.2, -0.15) is 0 Å². The first kappa shape index (κ1) is 25.1. The third-order valence-corrected chi connectivity index (χ3v) is 6.71. The lowest BCUT2D eigenvalue weighted by Crippen LogP contribution is -2.50. The topological polar surface area (TPSA) is 84.4 Å². The molecule has 1 saturated heterocycles. The van der Waals surface area contributed by atoms with E-state index >= 15 is 4.39 Å². The summed E-state index contributed by atoms with van der Waals surface area (Å²) in [6.07, 6.45) is 4.60. The molecule has 0 amide bonds. The summed E-state index contributed by atoms with van der Waals surface area (Å²) in [6.45, 7) is 10.0. The number of fused-ring (bicyclic) bond motifs is 1. The van der Waals surface area contributed by atoms with Gasteiger partial charge in [-0.05, 0) is 57.9 Å².